The van der Waals surface area contributed by atoms with Gasteiger partial charge in [0.05, 0.1) is 17.0 Å². The molecular formula is C19H25ClF3N3O6S. The van der Waals surface area contributed by atoms with E-state index in [9.17, 15) is 26.4 Å². The Labute approximate surface area is 194 Å². The summed E-state index contributed by atoms with van der Waals surface area (Å²) < 4.78 is 64.4. The third kappa shape index (κ3) is 7.73. The molecule has 0 radical (unpaired) electrons. The summed E-state index contributed by atoms with van der Waals surface area (Å²) in [6.45, 7) is 3.09. The number of nitrogens with one attached hydrogen (secondary N) is 1. The van der Waals surface area contributed by atoms with E-state index in [0.29, 0.717) is 18.8 Å². The molecule has 1 saturated carbocycles. The number of benzene rings is 1. The van der Waals surface area contributed by atoms with Gasteiger partial charge in [-0.1, -0.05) is 11.6 Å². The molecule has 1 saturated heterocycles. The number of carbonyl (C=O) groups excluding carboxylic acids is 1. The number of amides is 1. The second-order valence-electron chi connectivity index (χ2n) is 7.33. The first-order chi connectivity index (χ1) is 15.4. The number of piperazine rings is 1. The van der Waals surface area contributed by atoms with Crippen LogP contribution in [0.3, 0.4) is 0 Å². The van der Waals surface area contributed by atoms with E-state index in [2.05, 4.69) is 5.32 Å². The summed E-state index contributed by atoms with van der Waals surface area (Å²) >= 11 is 6.09. The smallest absolute Gasteiger partial charge is 0.490 e. The van der Waals surface area contributed by atoms with Crippen LogP contribution in [0.25, 0.3) is 0 Å². The molecule has 3 rings (SSSR count). The van der Waals surface area contributed by atoms with Crippen LogP contribution in [0.4, 0.5) is 13.2 Å². The zero-order valence-electron chi connectivity index (χ0n) is 17.8. The lowest BCUT2D eigenvalue weighted by Crippen LogP contribution is -2.47. The molecule has 2 aliphatic rings. The molecule has 186 valence electrons. The van der Waals surface area contributed by atoms with Crippen LogP contribution in [0.5, 0.6) is 5.75 Å². The zero-order valence-corrected chi connectivity index (χ0v) is 19.3. The first-order valence-corrected chi connectivity index (χ1v) is 11.8. The molecule has 14 heteroatoms. The van der Waals surface area contributed by atoms with Crippen LogP contribution < -0.4 is 10.1 Å². The fourth-order valence-corrected chi connectivity index (χ4v) is 5.12. The number of hydrogen-bond donors (Lipinski definition) is 2. The van der Waals surface area contributed by atoms with E-state index in [1.165, 1.54) is 23.5 Å². The number of carboxylic acids is 1. The van der Waals surface area contributed by atoms with Crippen molar-refractivity contribution in [2.75, 3.05) is 39.8 Å². The normalized spacial score (nSPS) is 16.7. The van der Waals surface area contributed by atoms with Gasteiger partial charge in [-0.3, -0.25) is 4.79 Å². The Morgan fingerprint density at radius 3 is 2.30 bits per heavy atom. The molecule has 0 unspecified atom stereocenters. The number of ether oxygens (including phenoxy) is 1. The van der Waals surface area contributed by atoms with Crippen molar-refractivity contribution in [2.24, 2.45) is 0 Å². The molecule has 0 spiro atoms. The molecule has 0 atom stereocenters. The fraction of sp³-hybridized carbons (Fsp3) is 0.579. The van der Waals surface area contributed by atoms with Gasteiger partial charge >= 0.3 is 12.1 Å². The number of halogens is 4. The SMILES string of the molecule is COc1ccc(S(=O)(=O)N(CCC(=O)N2CCNCC2)C2CC2)cc1Cl.O=C(O)C(F)(F)F. The monoisotopic (exact) mass is 515 g/mol. The van der Waals surface area contributed by atoms with E-state index in [-0.39, 0.29) is 34.8 Å². The van der Waals surface area contributed by atoms with Crippen molar-refractivity contribution in [1.82, 2.24) is 14.5 Å². The number of carbonyl (C=O) groups is 2. The van der Waals surface area contributed by atoms with Gasteiger partial charge in [-0.05, 0) is 31.0 Å². The standard InChI is InChI=1S/C17H24ClN3O4S.C2HF3O2/c1-25-16-5-4-14(12-15(16)18)26(23,24)21(13-2-3-13)9-6-17(22)20-10-7-19-8-11-20;3-2(4,5)1(6)7/h4-5,12-13,19H,2-3,6-11H2,1H3;(H,6,7). The Morgan fingerprint density at radius 1 is 1.27 bits per heavy atom. The first-order valence-electron chi connectivity index (χ1n) is 10.0. The molecular weight excluding hydrogens is 491 g/mol. The van der Waals surface area contributed by atoms with Gasteiger partial charge in [0.15, 0.2) is 0 Å². The van der Waals surface area contributed by atoms with Crippen LogP contribution in [0.1, 0.15) is 19.3 Å². The minimum Gasteiger partial charge on any atom is -0.495 e. The van der Waals surface area contributed by atoms with Crippen molar-refractivity contribution >= 4 is 33.5 Å². The number of hydrogen-bond acceptors (Lipinski definition) is 6. The summed E-state index contributed by atoms with van der Waals surface area (Å²) in [6.07, 6.45) is -3.24. The lowest BCUT2D eigenvalue weighted by molar-refractivity contribution is -0.192. The Kier molecular flexibility index (Phi) is 9.35. The highest BCUT2D eigenvalue weighted by atomic mass is 35.5. The Hall–Kier alpha value is -2.09. The number of alkyl halides is 3. The molecule has 1 aliphatic heterocycles. The van der Waals surface area contributed by atoms with Crippen molar-refractivity contribution in [3.63, 3.8) is 0 Å². The zero-order chi connectivity index (χ0) is 24.8. The number of carboxylic acid groups (broad SMARTS) is 1. The van der Waals surface area contributed by atoms with E-state index in [4.69, 9.17) is 26.2 Å². The third-order valence-electron chi connectivity index (χ3n) is 4.94. The van der Waals surface area contributed by atoms with E-state index >= 15 is 0 Å². The van der Waals surface area contributed by atoms with Crippen LogP contribution in [-0.4, -0.2) is 86.7 Å². The Bertz CT molecular complexity index is 951. The molecule has 1 aromatic rings. The van der Waals surface area contributed by atoms with Crippen LogP contribution in [0.2, 0.25) is 5.02 Å². The van der Waals surface area contributed by atoms with Crippen LogP contribution in [0, 0.1) is 0 Å². The summed E-state index contributed by atoms with van der Waals surface area (Å²) in [4.78, 5) is 23.2. The van der Waals surface area contributed by atoms with Gasteiger partial charge in [0.1, 0.15) is 5.75 Å². The lowest BCUT2D eigenvalue weighted by atomic mass is 10.3. The second-order valence-corrected chi connectivity index (χ2v) is 9.62. The summed E-state index contributed by atoms with van der Waals surface area (Å²) in [5, 5.41) is 10.6. The highest BCUT2D eigenvalue weighted by Gasteiger charge is 2.39. The number of nitrogens with zero attached hydrogens (tertiary/aromatic N) is 2. The largest absolute Gasteiger partial charge is 0.495 e. The van der Waals surface area contributed by atoms with Crippen molar-refractivity contribution in [1.29, 1.82) is 0 Å². The summed E-state index contributed by atoms with van der Waals surface area (Å²) in [5.74, 6) is -2.33. The third-order valence-corrected chi connectivity index (χ3v) is 7.19. The molecule has 0 bridgehead atoms. The van der Waals surface area contributed by atoms with E-state index in [1.54, 1.807) is 11.0 Å². The average Bonchev–Trinajstić information content (AvgIpc) is 3.59. The first kappa shape index (κ1) is 27.2. The fourth-order valence-electron chi connectivity index (χ4n) is 3.08. The lowest BCUT2D eigenvalue weighted by Gasteiger charge is -2.29. The van der Waals surface area contributed by atoms with Gasteiger partial charge in [0.2, 0.25) is 15.9 Å². The molecule has 1 heterocycles. The van der Waals surface area contributed by atoms with E-state index in [0.717, 1.165) is 25.9 Å². The summed E-state index contributed by atoms with van der Waals surface area (Å²) in [5.41, 5.74) is 0. The minimum absolute atomic E-state index is 0.000105. The van der Waals surface area contributed by atoms with Gasteiger partial charge in [0.25, 0.3) is 0 Å². The number of aliphatic carboxylic acids is 1. The molecule has 1 aromatic carbocycles. The molecule has 2 fully saturated rings. The van der Waals surface area contributed by atoms with Crippen molar-refractivity contribution < 1.29 is 41.0 Å². The Morgan fingerprint density at radius 2 is 1.85 bits per heavy atom. The van der Waals surface area contributed by atoms with E-state index in [1.807, 2.05) is 0 Å². The Balaban J connectivity index is 0.000000479. The van der Waals surface area contributed by atoms with Gasteiger partial charge in [0, 0.05) is 45.2 Å². The molecule has 0 aromatic heterocycles. The predicted octanol–water partition coefficient (Wildman–Crippen LogP) is 1.96. The average molecular weight is 516 g/mol. The highest BCUT2D eigenvalue weighted by molar-refractivity contribution is 7.89. The maximum atomic E-state index is 13.0. The van der Waals surface area contributed by atoms with E-state index < -0.39 is 22.2 Å². The number of sulfonamides is 1. The summed E-state index contributed by atoms with van der Waals surface area (Å²) in [7, 11) is -2.22. The van der Waals surface area contributed by atoms with Gasteiger partial charge in [-0.25, -0.2) is 13.2 Å². The molecule has 2 N–H and O–H groups in total. The highest BCUT2D eigenvalue weighted by Crippen LogP contribution is 2.34. The predicted molar refractivity (Wildman–Crippen MR) is 113 cm³/mol. The molecule has 1 aliphatic carbocycles. The maximum absolute atomic E-state index is 13.0. The maximum Gasteiger partial charge on any atom is 0.490 e. The van der Waals surface area contributed by atoms with Gasteiger partial charge in [-0.15, -0.1) is 0 Å². The van der Waals surface area contributed by atoms with Crippen LogP contribution >= 0.6 is 11.6 Å². The topological polar surface area (TPSA) is 116 Å². The second kappa shape index (κ2) is 11.4. The van der Waals surface area contributed by atoms with Crippen LogP contribution in [0.15, 0.2) is 23.1 Å². The molecule has 9 nitrogen and oxygen atoms in total. The molecule has 33 heavy (non-hydrogen) atoms. The van der Waals surface area contributed by atoms with Crippen LogP contribution in [-0.2, 0) is 19.6 Å². The van der Waals surface area contributed by atoms with Gasteiger partial charge in [-0.2, -0.15) is 17.5 Å². The van der Waals surface area contributed by atoms with Crippen molar-refractivity contribution in [3.8, 4) is 5.75 Å². The summed E-state index contributed by atoms with van der Waals surface area (Å²) in [6, 6.07) is 4.42. The van der Waals surface area contributed by atoms with Crippen molar-refractivity contribution in [2.45, 2.75) is 36.4 Å². The minimum atomic E-state index is -5.08. The number of rotatable bonds is 7. The quantitative estimate of drug-likeness (QED) is 0.570. The number of methoxy groups -OCH3 is 1. The van der Waals surface area contributed by atoms with Crippen molar-refractivity contribution in [3.05, 3.63) is 23.2 Å². The molecule has 1 amide bonds. The van der Waals surface area contributed by atoms with Gasteiger partial charge < -0.3 is 20.1 Å².